The molecule has 2 rings (SSSR count). The molecule has 0 saturated carbocycles. The molecule has 0 aromatic heterocycles. The average Bonchev–Trinajstić information content (AvgIpc) is 2.44. The molecule has 0 spiro atoms. The van der Waals surface area contributed by atoms with Crippen LogP contribution in [-0.4, -0.2) is 11.0 Å². The zero-order valence-electron chi connectivity index (χ0n) is 11.7. The zero-order chi connectivity index (χ0) is 15.6. The zero-order valence-corrected chi connectivity index (χ0v) is 14.8. The Balaban J connectivity index is 2.18. The van der Waals surface area contributed by atoms with Gasteiger partial charge in [0.05, 0.1) is 8.95 Å². The lowest BCUT2D eigenvalue weighted by molar-refractivity contribution is 0.102. The lowest BCUT2D eigenvalue weighted by atomic mass is 10.0. The highest BCUT2D eigenvalue weighted by atomic mass is 79.9. The molecule has 1 amide bonds. The molecular formula is C16H15Br2NO2. The molecule has 0 aliphatic heterocycles. The summed E-state index contributed by atoms with van der Waals surface area (Å²) in [6, 6.07) is 10.9. The first-order valence-electron chi connectivity index (χ1n) is 6.48. The largest absolute Gasteiger partial charge is 0.506 e. The van der Waals surface area contributed by atoms with Gasteiger partial charge in [-0.05, 0) is 67.6 Å². The van der Waals surface area contributed by atoms with Crippen molar-refractivity contribution in [3.05, 3.63) is 56.5 Å². The summed E-state index contributed by atoms with van der Waals surface area (Å²) in [5.41, 5.74) is 2.39. The Hall–Kier alpha value is -1.33. The van der Waals surface area contributed by atoms with Crippen LogP contribution in [0.3, 0.4) is 0 Å². The van der Waals surface area contributed by atoms with Crippen molar-refractivity contribution in [2.75, 3.05) is 5.32 Å². The van der Waals surface area contributed by atoms with E-state index in [9.17, 15) is 9.90 Å². The molecule has 0 fully saturated rings. The van der Waals surface area contributed by atoms with Crippen LogP contribution in [0.5, 0.6) is 5.75 Å². The highest BCUT2D eigenvalue weighted by molar-refractivity contribution is 9.11. The van der Waals surface area contributed by atoms with E-state index in [0.29, 0.717) is 26.1 Å². The first kappa shape index (κ1) is 16.0. The molecule has 2 aromatic rings. The third kappa shape index (κ3) is 3.86. The van der Waals surface area contributed by atoms with Gasteiger partial charge in [0.25, 0.3) is 5.91 Å². The number of anilines is 1. The minimum atomic E-state index is -0.185. The Morgan fingerprint density at radius 2 is 1.62 bits per heavy atom. The van der Waals surface area contributed by atoms with E-state index in [2.05, 4.69) is 51.0 Å². The van der Waals surface area contributed by atoms with Crippen LogP contribution < -0.4 is 5.32 Å². The number of carbonyl (C=O) groups excluding carboxylic acids is 1. The van der Waals surface area contributed by atoms with E-state index < -0.39 is 0 Å². The van der Waals surface area contributed by atoms with Gasteiger partial charge in [0.1, 0.15) is 5.75 Å². The summed E-state index contributed by atoms with van der Waals surface area (Å²) < 4.78 is 1.03. The molecule has 21 heavy (non-hydrogen) atoms. The Bertz CT molecular complexity index is 643. The van der Waals surface area contributed by atoms with E-state index in [1.54, 1.807) is 12.1 Å². The Morgan fingerprint density at radius 3 is 2.10 bits per heavy atom. The maximum absolute atomic E-state index is 12.2. The van der Waals surface area contributed by atoms with E-state index in [1.807, 2.05) is 24.3 Å². The topological polar surface area (TPSA) is 49.3 Å². The highest BCUT2D eigenvalue weighted by Gasteiger charge is 2.10. The van der Waals surface area contributed by atoms with Gasteiger partial charge < -0.3 is 10.4 Å². The van der Waals surface area contributed by atoms with E-state index in [1.165, 1.54) is 5.56 Å². The highest BCUT2D eigenvalue weighted by Crippen LogP contribution is 2.35. The van der Waals surface area contributed by atoms with Crippen LogP contribution in [0.15, 0.2) is 45.3 Å². The molecule has 0 heterocycles. The van der Waals surface area contributed by atoms with Gasteiger partial charge in [0.15, 0.2) is 0 Å². The van der Waals surface area contributed by atoms with E-state index in [4.69, 9.17) is 0 Å². The molecule has 0 bridgehead atoms. The first-order chi connectivity index (χ1) is 9.88. The normalized spacial score (nSPS) is 10.7. The number of phenolic OH excluding ortho intramolecular Hbond substituents is 1. The third-order valence-corrected chi connectivity index (χ3v) is 4.32. The molecule has 0 aliphatic carbocycles. The monoisotopic (exact) mass is 411 g/mol. The molecule has 0 aliphatic rings. The predicted octanol–water partition coefficient (Wildman–Crippen LogP) is 5.29. The minimum Gasteiger partial charge on any atom is -0.506 e. The van der Waals surface area contributed by atoms with Crippen molar-refractivity contribution in [3.63, 3.8) is 0 Å². The number of nitrogens with one attached hydrogen (secondary N) is 1. The van der Waals surface area contributed by atoms with Crippen LogP contribution in [0, 0.1) is 0 Å². The van der Waals surface area contributed by atoms with Crippen molar-refractivity contribution < 1.29 is 9.90 Å². The molecular weight excluding hydrogens is 398 g/mol. The molecule has 0 unspecified atom stereocenters. The maximum atomic E-state index is 12.2. The SMILES string of the molecule is CC(C)c1ccc(C(=O)Nc2cc(Br)c(O)c(Br)c2)cc1. The fraction of sp³-hybridized carbons (Fsp3) is 0.188. The number of phenols is 1. The molecule has 0 atom stereocenters. The van der Waals surface area contributed by atoms with Crippen LogP contribution in [0.1, 0.15) is 35.7 Å². The van der Waals surface area contributed by atoms with Crippen LogP contribution in [0.4, 0.5) is 5.69 Å². The van der Waals surface area contributed by atoms with Crippen LogP contribution in [0.2, 0.25) is 0 Å². The molecule has 5 heteroatoms. The summed E-state index contributed by atoms with van der Waals surface area (Å²) in [5.74, 6) is 0.357. The van der Waals surface area contributed by atoms with Gasteiger partial charge in [-0.25, -0.2) is 0 Å². The summed E-state index contributed by atoms with van der Waals surface area (Å²) in [7, 11) is 0. The lowest BCUT2D eigenvalue weighted by Crippen LogP contribution is -2.12. The van der Waals surface area contributed by atoms with Crippen molar-refractivity contribution in [1.29, 1.82) is 0 Å². The summed E-state index contributed by atoms with van der Waals surface area (Å²) in [4.78, 5) is 12.2. The van der Waals surface area contributed by atoms with Crippen molar-refractivity contribution in [2.24, 2.45) is 0 Å². The standard InChI is InChI=1S/C16H15Br2NO2/c1-9(2)10-3-5-11(6-4-10)16(21)19-12-7-13(17)15(20)14(18)8-12/h3-9,20H,1-2H3,(H,19,21). The second-order valence-corrected chi connectivity index (χ2v) is 6.73. The van der Waals surface area contributed by atoms with Gasteiger partial charge in [-0.3, -0.25) is 4.79 Å². The predicted molar refractivity (Wildman–Crippen MR) is 92.0 cm³/mol. The van der Waals surface area contributed by atoms with Crippen LogP contribution in [-0.2, 0) is 0 Å². The number of benzene rings is 2. The number of rotatable bonds is 3. The van der Waals surface area contributed by atoms with Gasteiger partial charge >= 0.3 is 0 Å². The van der Waals surface area contributed by atoms with Gasteiger partial charge in [-0.2, -0.15) is 0 Å². The summed E-state index contributed by atoms with van der Waals surface area (Å²) >= 11 is 6.47. The molecule has 3 nitrogen and oxygen atoms in total. The molecule has 2 N–H and O–H groups in total. The van der Waals surface area contributed by atoms with Gasteiger partial charge in [0, 0.05) is 11.3 Å². The summed E-state index contributed by atoms with van der Waals surface area (Å²) in [5, 5.41) is 12.5. The number of hydrogen-bond donors (Lipinski definition) is 2. The number of halogens is 2. The molecule has 0 radical (unpaired) electrons. The smallest absolute Gasteiger partial charge is 0.255 e. The van der Waals surface area contributed by atoms with Crippen molar-refractivity contribution >= 4 is 43.5 Å². The first-order valence-corrected chi connectivity index (χ1v) is 8.06. The second-order valence-electron chi connectivity index (χ2n) is 5.02. The van der Waals surface area contributed by atoms with Crippen molar-refractivity contribution in [2.45, 2.75) is 19.8 Å². The van der Waals surface area contributed by atoms with Gasteiger partial charge in [-0.15, -0.1) is 0 Å². The number of hydrogen-bond acceptors (Lipinski definition) is 2. The Morgan fingerprint density at radius 1 is 1.10 bits per heavy atom. The fourth-order valence-electron chi connectivity index (χ4n) is 1.86. The fourth-order valence-corrected chi connectivity index (χ4v) is 3.05. The number of carbonyl (C=O) groups is 1. The third-order valence-electron chi connectivity index (χ3n) is 3.11. The van der Waals surface area contributed by atoms with E-state index >= 15 is 0 Å². The number of amides is 1. The lowest BCUT2D eigenvalue weighted by Gasteiger charge is -2.09. The summed E-state index contributed by atoms with van der Waals surface area (Å²) in [6.45, 7) is 4.22. The van der Waals surface area contributed by atoms with Crippen molar-refractivity contribution in [1.82, 2.24) is 0 Å². The summed E-state index contributed by atoms with van der Waals surface area (Å²) in [6.07, 6.45) is 0. The quantitative estimate of drug-likeness (QED) is 0.672. The van der Waals surface area contributed by atoms with Crippen molar-refractivity contribution in [3.8, 4) is 5.75 Å². The van der Waals surface area contributed by atoms with Gasteiger partial charge in [-0.1, -0.05) is 26.0 Å². The van der Waals surface area contributed by atoms with Crippen LogP contribution in [0.25, 0.3) is 0 Å². The molecule has 0 saturated heterocycles. The maximum Gasteiger partial charge on any atom is 0.255 e. The van der Waals surface area contributed by atoms with Crippen LogP contribution >= 0.6 is 31.9 Å². The van der Waals surface area contributed by atoms with Gasteiger partial charge in [0.2, 0.25) is 0 Å². The Kier molecular flexibility index (Phi) is 5.06. The number of aromatic hydroxyl groups is 1. The van der Waals surface area contributed by atoms with E-state index in [0.717, 1.165) is 0 Å². The molecule has 110 valence electrons. The minimum absolute atomic E-state index is 0.106. The second kappa shape index (κ2) is 6.62. The average molecular weight is 413 g/mol. The molecule has 2 aromatic carbocycles. The Labute approximate surface area is 140 Å². The van der Waals surface area contributed by atoms with E-state index in [-0.39, 0.29) is 11.7 Å².